The Kier molecular flexibility index (Phi) is 6.90. The number of benzene rings is 1. The lowest BCUT2D eigenvalue weighted by molar-refractivity contribution is -0.385. The standard InChI is InChI=1S/C17H24N2O6/c1-7-24-16(20)14-12(9(2)3)8-13(19(22)23)11(6)15(14)18-17(21)25-10(4)5/h8-10H,7H2,1-6H3,(H,18,21). The first-order chi connectivity index (χ1) is 11.6. The Morgan fingerprint density at radius 3 is 2.32 bits per heavy atom. The molecular weight excluding hydrogens is 328 g/mol. The van der Waals surface area contributed by atoms with E-state index in [0.717, 1.165) is 0 Å². The number of hydrogen-bond acceptors (Lipinski definition) is 6. The van der Waals surface area contributed by atoms with Gasteiger partial charge >= 0.3 is 12.1 Å². The van der Waals surface area contributed by atoms with Crippen molar-refractivity contribution in [2.45, 2.75) is 53.6 Å². The summed E-state index contributed by atoms with van der Waals surface area (Å²) in [6.07, 6.45) is -1.17. The molecule has 0 unspecified atom stereocenters. The van der Waals surface area contributed by atoms with Crippen molar-refractivity contribution in [2.24, 2.45) is 0 Å². The predicted octanol–water partition coefficient (Wildman–Crippen LogP) is 4.16. The molecule has 0 aromatic heterocycles. The van der Waals surface area contributed by atoms with Crippen LogP contribution < -0.4 is 5.32 Å². The van der Waals surface area contributed by atoms with Crippen LogP contribution in [-0.2, 0) is 9.47 Å². The van der Waals surface area contributed by atoms with Gasteiger partial charge in [0.1, 0.15) is 0 Å². The molecule has 1 aromatic rings. The average molecular weight is 352 g/mol. The number of nitrogens with one attached hydrogen (secondary N) is 1. The number of ether oxygens (including phenoxy) is 2. The van der Waals surface area contributed by atoms with Crippen LogP contribution in [0.15, 0.2) is 6.07 Å². The lowest BCUT2D eigenvalue weighted by Crippen LogP contribution is -2.22. The first-order valence-electron chi connectivity index (χ1n) is 8.06. The van der Waals surface area contributed by atoms with Gasteiger partial charge in [0.25, 0.3) is 5.69 Å². The lowest BCUT2D eigenvalue weighted by Gasteiger charge is -2.19. The summed E-state index contributed by atoms with van der Waals surface area (Å²) >= 11 is 0. The summed E-state index contributed by atoms with van der Waals surface area (Å²) in [5, 5.41) is 13.8. The van der Waals surface area contributed by atoms with Crippen molar-refractivity contribution in [1.29, 1.82) is 0 Å². The summed E-state index contributed by atoms with van der Waals surface area (Å²) in [5.41, 5.74) is 0.563. The van der Waals surface area contributed by atoms with E-state index in [1.54, 1.807) is 34.6 Å². The van der Waals surface area contributed by atoms with Gasteiger partial charge in [-0.25, -0.2) is 9.59 Å². The monoisotopic (exact) mass is 352 g/mol. The molecule has 0 fully saturated rings. The second-order valence-corrected chi connectivity index (χ2v) is 6.07. The second-order valence-electron chi connectivity index (χ2n) is 6.07. The molecule has 1 N–H and O–H groups in total. The average Bonchev–Trinajstić information content (AvgIpc) is 2.47. The van der Waals surface area contributed by atoms with E-state index in [4.69, 9.17) is 9.47 Å². The largest absolute Gasteiger partial charge is 0.462 e. The minimum atomic E-state index is -0.793. The molecule has 0 radical (unpaired) electrons. The van der Waals surface area contributed by atoms with Crippen molar-refractivity contribution in [3.05, 3.63) is 32.9 Å². The van der Waals surface area contributed by atoms with Crippen LogP contribution in [0.2, 0.25) is 0 Å². The van der Waals surface area contributed by atoms with Crippen LogP contribution in [0.4, 0.5) is 16.2 Å². The third kappa shape index (κ3) is 4.91. The molecule has 0 atom stereocenters. The molecule has 0 spiro atoms. The number of nitrogens with zero attached hydrogens (tertiary/aromatic N) is 1. The number of anilines is 1. The number of amides is 1. The van der Waals surface area contributed by atoms with Gasteiger partial charge in [0.05, 0.1) is 34.4 Å². The van der Waals surface area contributed by atoms with E-state index in [-0.39, 0.29) is 41.1 Å². The molecule has 0 aliphatic rings. The predicted molar refractivity (Wildman–Crippen MR) is 93.1 cm³/mol. The van der Waals surface area contributed by atoms with Gasteiger partial charge in [-0.2, -0.15) is 0 Å². The molecule has 138 valence electrons. The van der Waals surface area contributed by atoms with Crippen molar-refractivity contribution in [3.63, 3.8) is 0 Å². The molecule has 0 saturated heterocycles. The van der Waals surface area contributed by atoms with Crippen molar-refractivity contribution in [2.75, 3.05) is 11.9 Å². The molecule has 1 amide bonds. The number of hydrogen-bond donors (Lipinski definition) is 1. The van der Waals surface area contributed by atoms with Gasteiger partial charge in [-0.05, 0) is 39.2 Å². The highest BCUT2D eigenvalue weighted by atomic mass is 16.6. The maximum Gasteiger partial charge on any atom is 0.411 e. The van der Waals surface area contributed by atoms with Gasteiger partial charge in [0.15, 0.2) is 0 Å². The molecule has 0 saturated carbocycles. The fraction of sp³-hybridized carbons (Fsp3) is 0.529. The Morgan fingerprint density at radius 2 is 1.88 bits per heavy atom. The molecule has 0 aliphatic carbocycles. The first-order valence-corrected chi connectivity index (χ1v) is 8.06. The van der Waals surface area contributed by atoms with E-state index in [1.807, 2.05) is 0 Å². The maximum absolute atomic E-state index is 12.4. The highest BCUT2D eigenvalue weighted by Crippen LogP contribution is 2.36. The third-order valence-electron chi connectivity index (χ3n) is 3.46. The smallest absolute Gasteiger partial charge is 0.411 e. The van der Waals surface area contributed by atoms with Crippen LogP contribution in [0, 0.1) is 17.0 Å². The van der Waals surface area contributed by atoms with Gasteiger partial charge in [-0.1, -0.05) is 13.8 Å². The van der Waals surface area contributed by atoms with E-state index in [2.05, 4.69) is 5.32 Å². The fourth-order valence-electron chi connectivity index (χ4n) is 2.36. The number of nitro groups is 1. The van der Waals surface area contributed by atoms with E-state index in [0.29, 0.717) is 5.56 Å². The molecule has 0 heterocycles. The van der Waals surface area contributed by atoms with Crippen LogP contribution in [-0.4, -0.2) is 29.7 Å². The van der Waals surface area contributed by atoms with Crippen LogP contribution >= 0.6 is 0 Å². The Bertz CT molecular complexity index is 682. The van der Waals surface area contributed by atoms with E-state index in [9.17, 15) is 19.7 Å². The zero-order chi connectivity index (χ0) is 19.3. The van der Waals surface area contributed by atoms with Gasteiger partial charge in [-0.15, -0.1) is 0 Å². The molecule has 8 nitrogen and oxygen atoms in total. The summed E-state index contributed by atoms with van der Waals surface area (Å²) in [6.45, 7) is 10.2. The molecule has 25 heavy (non-hydrogen) atoms. The number of nitro benzene ring substituents is 1. The van der Waals surface area contributed by atoms with Crippen LogP contribution in [0.3, 0.4) is 0 Å². The Labute approximate surface area is 146 Å². The third-order valence-corrected chi connectivity index (χ3v) is 3.46. The number of rotatable bonds is 6. The molecule has 1 aromatic carbocycles. The molecule has 0 bridgehead atoms. The Balaban J connectivity index is 3.63. The number of carbonyl (C=O) groups excluding carboxylic acids is 2. The normalized spacial score (nSPS) is 10.7. The van der Waals surface area contributed by atoms with Gasteiger partial charge in [0.2, 0.25) is 0 Å². The fourth-order valence-corrected chi connectivity index (χ4v) is 2.36. The number of carbonyl (C=O) groups is 2. The Hall–Kier alpha value is -2.64. The number of esters is 1. The molecule has 8 heteroatoms. The SMILES string of the molecule is CCOC(=O)c1c(C(C)C)cc([N+](=O)[O-])c(C)c1NC(=O)OC(C)C. The summed E-state index contributed by atoms with van der Waals surface area (Å²) in [6, 6.07) is 1.35. The van der Waals surface area contributed by atoms with E-state index >= 15 is 0 Å². The molecule has 1 rings (SSSR count). The Morgan fingerprint density at radius 1 is 1.28 bits per heavy atom. The van der Waals surface area contributed by atoms with E-state index in [1.165, 1.54) is 13.0 Å². The summed E-state index contributed by atoms with van der Waals surface area (Å²) in [7, 11) is 0. The van der Waals surface area contributed by atoms with Gasteiger partial charge < -0.3 is 9.47 Å². The molecular formula is C17H24N2O6. The van der Waals surface area contributed by atoms with Crippen molar-refractivity contribution < 1.29 is 24.0 Å². The van der Waals surface area contributed by atoms with Crippen LogP contribution in [0.1, 0.15) is 62.0 Å². The minimum Gasteiger partial charge on any atom is -0.462 e. The molecule has 0 aliphatic heterocycles. The van der Waals surface area contributed by atoms with Gasteiger partial charge in [-0.3, -0.25) is 15.4 Å². The summed E-state index contributed by atoms with van der Waals surface area (Å²) in [5.74, 6) is -0.843. The maximum atomic E-state index is 12.4. The van der Waals surface area contributed by atoms with Crippen molar-refractivity contribution >= 4 is 23.4 Å². The highest BCUT2D eigenvalue weighted by molar-refractivity contribution is 6.03. The topological polar surface area (TPSA) is 108 Å². The van der Waals surface area contributed by atoms with Gasteiger partial charge in [0, 0.05) is 6.07 Å². The van der Waals surface area contributed by atoms with E-state index < -0.39 is 17.0 Å². The summed E-state index contributed by atoms with van der Waals surface area (Å²) < 4.78 is 10.1. The minimum absolute atomic E-state index is 0.0435. The summed E-state index contributed by atoms with van der Waals surface area (Å²) in [4.78, 5) is 35.3. The van der Waals surface area contributed by atoms with Crippen LogP contribution in [0.5, 0.6) is 0 Å². The van der Waals surface area contributed by atoms with Crippen LogP contribution in [0.25, 0.3) is 0 Å². The lowest BCUT2D eigenvalue weighted by atomic mass is 9.92. The second kappa shape index (κ2) is 8.46. The quantitative estimate of drug-likeness (QED) is 0.468. The highest BCUT2D eigenvalue weighted by Gasteiger charge is 2.29. The van der Waals surface area contributed by atoms with Crippen molar-refractivity contribution in [3.8, 4) is 0 Å². The zero-order valence-electron chi connectivity index (χ0n) is 15.3. The van der Waals surface area contributed by atoms with Crippen molar-refractivity contribution in [1.82, 2.24) is 0 Å². The first kappa shape index (κ1) is 20.4. The zero-order valence-corrected chi connectivity index (χ0v) is 15.3.